The summed E-state index contributed by atoms with van der Waals surface area (Å²) in [5.74, 6) is -1.18. The maximum absolute atomic E-state index is 13.8. The first kappa shape index (κ1) is 67.9. The second-order valence-corrected chi connectivity index (χ2v) is 22.7. The Morgan fingerprint density at radius 1 is 0.586 bits per heavy atom. The van der Waals surface area contributed by atoms with E-state index in [0.717, 1.165) is 40.8 Å². The smallest absolute Gasteiger partial charge is 0.379 e. The van der Waals surface area contributed by atoms with Gasteiger partial charge >= 0.3 is 12.2 Å². The number of carbonyl (C=O) groups is 4. The van der Waals surface area contributed by atoms with Crippen molar-refractivity contribution in [3.63, 3.8) is 0 Å². The lowest BCUT2D eigenvalue weighted by atomic mass is 10.1. The Kier molecular flexibility index (Phi) is 26.7. The van der Waals surface area contributed by atoms with Crippen LogP contribution in [0.2, 0.25) is 0 Å². The number of Topliss-reactive ketones (excluding diaryl/α,β-unsaturated/α-hetero) is 2. The molecular weight excluding hydrogens is 1170 g/mol. The van der Waals surface area contributed by atoms with Crippen molar-refractivity contribution in [2.24, 2.45) is 0 Å². The molecule has 2 heterocycles. The summed E-state index contributed by atoms with van der Waals surface area (Å²) in [5.41, 5.74) is -0.552. The second kappa shape index (κ2) is 34.2. The highest BCUT2D eigenvalue weighted by Crippen LogP contribution is 2.32. The lowest BCUT2D eigenvalue weighted by Crippen LogP contribution is -2.37. The standard InChI is InChI=1S/C63H68F3N7O12S2/c1-43-12-8-14-49(38-43)72-44(2)57(87(81)53-25-21-48(68-4)22-26-53)40-54(60(72)77)56(75)18-11-31-83-35-37-85-33-29-71-62(79)70-27-7-5-6-16-51(74)17-10-30-82-34-36-84-32-28-69-59(76)55-41-58(86(80)52-23-19-46(42-67)20-24-52)45(3)73(61(55)78)50-15-9-13-47(39-50)63(64,65)66/h8-9,12-15,19-26,38-41H,5-7,10-11,16-18,27-37H2,1-3H3,(H,69,76)(H2,70,71,79). The van der Waals surface area contributed by atoms with Gasteiger partial charge in [0.1, 0.15) is 11.3 Å². The summed E-state index contributed by atoms with van der Waals surface area (Å²) < 4.78 is 93.2. The third-order valence-electron chi connectivity index (χ3n) is 13.5. The Morgan fingerprint density at radius 2 is 1.09 bits per heavy atom. The number of alkyl halides is 3. The van der Waals surface area contributed by atoms with Crippen molar-refractivity contribution < 1.29 is 59.7 Å². The maximum atomic E-state index is 13.8. The zero-order chi connectivity index (χ0) is 62.9. The van der Waals surface area contributed by atoms with E-state index in [2.05, 4.69) is 20.8 Å². The molecule has 2 atom stereocenters. The van der Waals surface area contributed by atoms with Gasteiger partial charge in [0.25, 0.3) is 17.0 Å². The van der Waals surface area contributed by atoms with Crippen LogP contribution in [-0.4, -0.2) is 114 Å². The number of amides is 3. The molecule has 3 N–H and O–H groups in total. The number of hydrogen-bond donors (Lipinski definition) is 3. The predicted molar refractivity (Wildman–Crippen MR) is 320 cm³/mol. The Morgan fingerprint density at radius 3 is 1.67 bits per heavy atom. The van der Waals surface area contributed by atoms with Crippen molar-refractivity contribution in [1.82, 2.24) is 25.1 Å². The number of unbranched alkanes of at least 4 members (excludes halogenated alkanes) is 2. The maximum Gasteiger partial charge on any atom is 0.416 e. The number of carbonyl (C=O) groups excluding carboxylic acids is 4. The minimum atomic E-state index is -4.72. The first-order valence-corrected chi connectivity index (χ1v) is 30.4. The Labute approximate surface area is 506 Å². The molecule has 6 rings (SSSR count). The summed E-state index contributed by atoms with van der Waals surface area (Å²) in [5, 5.41) is 17.2. The minimum absolute atomic E-state index is 0.00208. The van der Waals surface area contributed by atoms with E-state index >= 15 is 0 Å². The molecule has 460 valence electrons. The zero-order valence-corrected chi connectivity index (χ0v) is 50.1. The number of pyridine rings is 2. The highest BCUT2D eigenvalue weighted by atomic mass is 32.2. The number of nitrogens with zero attached hydrogens (tertiary/aromatic N) is 4. The number of halogens is 3. The Bertz CT molecular complexity index is 3630. The second-order valence-electron chi connectivity index (χ2n) is 19.8. The van der Waals surface area contributed by atoms with Gasteiger partial charge in [-0.1, -0.05) is 48.9 Å². The molecule has 0 saturated heterocycles. The van der Waals surface area contributed by atoms with Crippen molar-refractivity contribution in [2.45, 2.75) is 97.9 Å². The number of ketones is 2. The number of benzene rings is 4. The third-order valence-corrected chi connectivity index (χ3v) is 16.5. The van der Waals surface area contributed by atoms with Gasteiger partial charge in [-0.2, -0.15) is 18.4 Å². The van der Waals surface area contributed by atoms with Gasteiger partial charge < -0.3 is 34.9 Å². The number of hydrogen-bond acceptors (Lipinski definition) is 13. The van der Waals surface area contributed by atoms with E-state index in [1.807, 2.05) is 25.1 Å². The quantitative estimate of drug-likeness (QED) is 0.0194. The van der Waals surface area contributed by atoms with E-state index in [1.165, 1.54) is 47.9 Å². The number of aromatic nitrogens is 2. The van der Waals surface area contributed by atoms with Gasteiger partial charge in [-0.15, -0.1) is 0 Å². The van der Waals surface area contributed by atoms with Gasteiger partial charge in [-0.3, -0.25) is 33.1 Å². The highest BCUT2D eigenvalue weighted by Gasteiger charge is 2.31. The molecule has 4 aromatic carbocycles. The van der Waals surface area contributed by atoms with Crippen molar-refractivity contribution in [3.8, 4) is 17.4 Å². The fourth-order valence-electron chi connectivity index (χ4n) is 8.93. The van der Waals surface area contributed by atoms with E-state index in [9.17, 15) is 55.6 Å². The molecule has 2 aromatic heterocycles. The van der Waals surface area contributed by atoms with Crippen LogP contribution >= 0.6 is 0 Å². The lowest BCUT2D eigenvalue weighted by molar-refractivity contribution is -0.137. The molecule has 0 fully saturated rings. The summed E-state index contributed by atoms with van der Waals surface area (Å²) in [7, 11) is -3.75. The molecule has 2 unspecified atom stereocenters. The van der Waals surface area contributed by atoms with Crippen LogP contribution in [0, 0.1) is 38.7 Å². The summed E-state index contributed by atoms with van der Waals surface area (Å²) in [4.78, 5) is 83.4. The van der Waals surface area contributed by atoms with Crippen LogP contribution in [-0.2, 0) is 51.5 Å². The van der Waals surface area contributed by atoms with Crippen molar-refractivity contribution in [1.29, 1.82) is 5.26 Å². The molecule has 87 heavy (non-hydrogen) atoms. The van der Waals surface area contributed by atoms with Crippen LogP contribution in [0.15, 0.2) is 138 Å². The van der Waals surface area contributed by atoms with E-state index in [0.29, 0.717) is 84.1 Å². The highest BCUT2D eigenvalue weighted by molar-refractivity contribution is 7.85. The Balaban J connectivity index is 0.778. The summed E-state index contributed by atoms with van der Waals surface area (Å²) in [6.45, 7) is 14.6. The summed E-state index contributed by atoms with van der Waals surface area (Å²) >= 11 is 0. The van der Waals surface area contributed by atoms with Crippen molar-refractivity contribution in [2.75, 3.05) is 72.5 Å². The van der Waals surface area contributed by atoms with Gasteiger partial charge in [0.15, 0.2) is 11.5 Å². The first-order valence-electron chi connectivity index (χ1n) is 28.1. The van der Waals surface area contributed by atoms with E-state index in [1.54, 1.807) is 43.3 Å². The molecular formula is C63H68F3N7O12S2. The molecule has 19 nitrogen and oxygen atoms in total. The molecule has 0 aliphatic carbocycles. The largest absolute Gasteiger partial charge is 0.416 e. The van der Waals surface area contributed by atoms with Crippen LogP contribution in [0.5, 0.6) is 0 Å². The monoisotopic (exact) mass is 1240 g/mol. The number of ether oxygens (including phenoxy) is 4. The van der Waals surface area contributed by atoms with Crippen LogP contribution in [0.1, 0.15) is 100 Å². The summed E-state index contributed by atoms with van der Waals surface area (Å²) in [6, 6.07) is 27.6. The van der Waals surface area contributed by atoms with Gasteiger partial charge in [0, 0.05) is 84.7 Å². The SMILES string of the molecule is [C-]#[N+]c1ccc(S(=O)c2cc(C(=O)CCCOCCOCCNC(=O)NCCCCCC(=O)CCCOCCOCCNC(=O)c3cc(S(=O)c4ccc(C#N)cc4)c(C)n(-c4cccc(C(F)(F)F)c4)c3=O)c(=O)n(-c3cccc(C)c3)c2C)cc1. The average Bonchev–Trinajstić information content (AvgIpc) is 1.04. The molecule has 0 aliphatic heterocycles. The molecule has 3 amide bonds. The average molecular weight is 1240 g/mol. The van der Waals surface area contributed by atoms with Gasteiger partial charge in [-0.25, -0.2) is 18.1 Å². The number of nitrogens with one attached hydrogen (secondary N) is 3. The normalized spacial score (nSPS) is 12.0. The summed E-state index contributed by atoms with van der Waals surface area (Å²) in [6.07, 6.45) is -1.03. The minimum Gasteiger partial charge on any atom is -0.379 e. The van der Waals surface area contributed by atoms with Crippen LogP contribution in [0.4, 0.5) is 23.7 Å². The fraction of sp³-hybridized carbons (Fsp3) is 0.365. The number of aryl methyl sites for hydroxylation is 1. The van der Waals surface area contributed by atoms with Crippen LogP contribution in [0.3, 0.4) is 0 Å². The Hall–Kier alpha value is -8.23. The molecule has 0 aliphatic rings. The van der Waals surface area contributed by atoms with Crippen molar-refractivity contribution >= 4 is 50.8 Å². The molecule has 0 bridgehead atoms. The van der Waals surface area contributed by atoms with E-state index in [4.69, 9.17) is 25.5 Å². The van der Waals surface area contributed by atoms with Gasteiger partial charge in [-0.05, 0) is 119 Å². The predicted octanol–water partition coefficient (Wildman–Crippen LogP) is 9.36. The third kappa shape index (κ3) is 20.2. The van der Waals surface area contributed by atoms with Crippen LogP contribution < -0.4 is 27.1 Å². The van der Waals surface area contributed by atoms with Gasteiger partial charge in [0.2, 0.25) is 0 Å². The molecule has 0 radical (unpaired) electrons. The molecule has 24 heteroatoms. The van der Waals surface area contributed by atoms with Crippen LogP contribution in [0.25, 0.3) is 16.2 Å². The van der Waals surface area contributed by atoms with Crippen molar-refractivity contribution in [3.05, 3.63) is 181 Å². The fourth-order valence-corrected chi connectivity index (χ4v) is 11.4. The molecule has 0 saturated carbocycles. The first-order chi connectivity index (χ1) is 41.8. The molecule has 6 aromatic rings. The van der Waals surface area contributed by atoms with E-state index < -0.39 is 61.7 Å². The number of urea groups is 1. The lowest BCUT2D eigenvalue weighted by Gasteiger charge is -2.18. The van der Waals surface area contributed by atoms with E-state index in [-0.39, 0.29) is 104 Å². The topological polar surface area (TPSA) is 248 Å². The zero-order valence-electron chi connectivity index (χ0n) is 48.5. The molecule has 0 spiro atoms. The van der Waals surface area contributed by atoms with Gasteiger partial charge in [0.05, 0.1) is 100 Å². The number of rotatable bonds is 34. The number of nitriles is 1.